The van der Waals surface area contributed by atoms with Crippen molar-refractivity contribution in [2.75, 3.05) is 5.32 Å². The number of hydrogen-bond acceptors (Lipinski definition) is 5. The summed E-state index contributed by atoms with van der Waals surface area (Å²) < 4.78 is 5.67. The molecular weight excluding hydrogens is 334 g/mol. The first-order chi connectivity index (χ1) is 12.2. The Labute approximate surface area is 149 Å². The van der Waals surface area contributed by atoms with E-state index in [4.69, 9.17) is 10.00 Å². The van der Waals surface area contributed by atoms with E-state index in [9.17, 15) is 4.79 Å². The van der Waals surface area contributed by atoms with Crippen LogP contribution in [-0.4, -0.2) is 10.9 Å². The van der Waals surface area contributed by atoms with Gasteiger partial charge in [0.2, 0.25) is 0 Å². The van der Waals surface area contributed by atoms with Gasteiger partial charge in [-0.25, -0.2) is 4.98 Å². The molecule has 0 saturated carbocycles. The molecule has 0 unspecified atom stereocenters. The van der Waals surface area contributed by atoms with Crippen LogP contribution in [0.25, 0.3) is 0 Å². The standard InChI is InChI=1S/C19H15N3O2S/c20-9-8-14-4-6-16(7-5-14)22-19(23)15-2-1-3-18(10-15)24-11-17-12-25-13-21-17/h1-7,10,12-13H,8,11H2,(H,22,23). The van der Waals surface area contributed by atoms with Gasteiger partial charge in [0.05, 0.1) is 23.7 Å². The summed E-state index contributed by atoms with van der Waals surface area (Å²) in [6, 6.07) is 16.3. The van der Waals surface area contributed by atoms with E-state index in [1.165, 1.54) is 11.3 Å². The fourth-order valence-corrected chi connectivity index (χ4v) is 2.74. The topological polar surface area (TPSA) is 75.0 Å². The van der Waals surface area contributed by atoms with E-state index < -0.39 is 0 Å². The zero-order chi connectivity index (χ0) is 17.5. The second-order valence-corrected chi connectivity index (χ2v) is 6.00. The molecule has 124 valence electrons. The Morgan fingerprint density at radius 3 is 2.80 bits per heavy atom. The number of carbonyl (C=O) groups is 1. The fraction of sp³-hybridized carbons (Fsp3) is 0.105. The van der Waals surface area contributed by atoms with Crippen molar-refractivity contribution >= 4 is 22.9 Å². The van der Waals surface area contributed by atoms with E-state index in [0.717, 1.165) is 11.3 Å². The Morgan fingerprint density at radius 2 is 2.08 bits per heavy atom. The van der Waals surface area contributed by atoms with Crippen molar-refractivity contribution in [3.8, 4) is 11.8 Å². The third-order valence-electron chi connectivity index (χ3n) is 3.46. The van der Waals surface area contributed by atoms with Crippen LogP contribution >= 0.6 is 11.3 Å². The Bertz CT molecular complexity index is 884. The predicted octanol–water partition coefficient (Wildman–Crippen LogP) is 4.04. The lowest BCUT2D eigenvalue weighted by Gasteiger charge is -2.08. The minimum atomic E-state index is -0.216. The number of nitriles is 1. The van der Waals surface area contributed by atoms with E-state index in [1.807, 2.05) is 17.5 Å². The maximum Gasteiger partial charge on any atom is 0.255 e. The summed E-state index contributed by atoms with van der Waals surface area (Å²) in [4.78, 5) is 16.5. The molecule has 1 heterocycles. The van der Waals surface area contributed by atoms with Crippen LogP contribution < -0.4 is 10.1 Å². The number of anilines is 1. The molecule has 2 aromatic carbocycles. The normalized spacial score (nSPS) is 10.0. The summed E-state index contributed by atoms with van der Waals surface area (Å²) in [7, 11) is 0. The molecule has 0 radical (unpaired) electrons. The molecule has 25 heavy (non-hydrogen) atoms. The summed E-state index contributed by atoms with van der Waals surface area (Å²) in [5, 5.41) is 13.4. The molecule has 3 rings (SSSR count). The van der Waals surface area contributed by atoms with Crippen LogP contribution in [0.4, 0.5) is 5.69 Å². The largest absolute Gasteiger partial charge is 0.487 e. The van der Waals surface area contributed by atoms with Crippen molar-refractivity contribution in [3.63, 3.8) is 0 Å². The molecule has 0 aliphatic heterocycles. The minimum absolute atomic E-state index is 0.216. The molecule has 0 aliphatic rings. The third-order valence-corrected chi connectivity index (χ3v) is 4.10. The number of thiazole rings is 1. The van der Waals surface area contributed by atoms with Gasteiger partial charge in [0.15, 0.2) is 0 Å². The van der Waals surface area contributed by atoms with Crippen molar-refractivity contribution < 1.29 is 9.53 Å². The highest BCUT2D eigenvalue weighted by atomic mass is 32.1. The third kappa shape index (κ3) is 4.66. The van der Waals surface area contributed by atoms with E-state index >= 15 is 0 Å². The van der Waals surface area contributed by atoms with Crippen molar-refractivity contribution in [1.29, 1.82) is 5.26 Å². The molecule has 1 N–H and O–H groups in total. The van der Waals surface area contributed by atoms with Gasteiger partial charge in [0.1, 0.15) is 12.4 Å². The van der Waals surface area contributed by atoms with E-state index in [1.54, 1.807) is 41.9 Å². The first-order valence-electron chi connectivity index (χ1n) is 7.62. The highest BCUT2D eigenvalue weighted by Gasteiger charge is 2.08. The predicted molar refractivity (Wildman–Crippen MR) is 96.6 cm³/mol. The van der Waals surface area contributed by atoms with Crippen LogP contribution in [0, 0.1) is 11.3 Å². The van der Waals surface area contributed by atoms with Gasteiger partial charge < -0.3 is 10.1 Å². The van der Waals surface area contributed by atoms with Gasteiger partial charge in [0, 0.05) is 16.6 Å². The van der Waals surface area contributed by atoms with Gasteiger partial charge in [-0.1, -0.05) is 18.2 Å². The Balaban J connectivity index is 1.63. The van der Waals surface area contributed by atoms with E-state index in [2.05, 4.69) is 16.4 Å². The molecule has 0 aliphatic carbocycles. The number of nitrogens with one attached hydrogen (secondary N) is 1. The lowest BCUT2D eigenvalue weighted by atomic mass is 10.1. The number of aromatic nitrogens is 1. The van der Waals surface area contributed by atoms with Crippen molar-refractivity contribution in [2.45, 2.75) is 13.0 Å². The molecular formula is C19H15N3O2S. The molecule has 1 amide bonds. The average Bonchev–Trinajstić information content (AvgIpc) is 3.16. The summed E-state index contributed by atoms with van der Waals surface area (Å²) in [6.45, 7) is 0.370. The first kappa shape index (κ1) is 16.7. The van der Waals surface area contributed by atoms with E-state index in [-0.39, 0.29) is 5.91 Å². The highest BCUT2D eigenvalue weighted by molar-refractivity contribution is 7.07. The summed E-state index contributed by atoms with van der Waals surface area (Å²) >= 11 is 1.51. The van der Waals surface area contributed by atoms with Crippen molar-refractivity contribution in [3.05, 3.63) is 76.2 Å². The average molecular weight is 349 g/mol. The molecule has 0 spiro atoms. The Hall–Kier alpha value is -3.17. The first-order valence-corrected chi connectivity index (χ1v) is 8.56. The quantitative estimate of drug-likeness (QED) is 0.729. The smallest absolute Gasteiger partial charge is 0.255 e. The zero-order valence-electron chi connectivity index (χ0n) is 13.3. The van der Waals surface area contributed by atoms with Crippen LogP contribution in [0.5, 0.6) is 5.75 Å². The monoisotopic (exact) mass is 349 g/mol. The molecule has 0 saturated heterocycles. The second-order valence-electron chi connectivity index (χ2n) is 5.28. The van der Waals surface area contributed by atoms with Crippen LogP contribution in [0.1, 0.15) is 21.6 Å². The molecule has 6 heteroatoms. The number of ether oxygens (including phenoxy) is 1. The number of rotatable bonds is 6. The molecule has 3 aromatic rings. The number of benzene rings is 2. The second kappa shape index (κ2) is 8.08. The van der Waals surface area contributed by atoms with Crippen molar-refractivity contribution in [2.24, 2.45) is 0 Å². The van der Waals surface area contributed by atoms with Gasteiger partial charge in [-0.15, -0.1) is 11.3 Å². The van der Waals surface area contributed by atoms with Gasteiger partial charge >= 0.3 is 0 Å². The van der Waals surface area contributed by atoms with E-state index in [0.29, 0.717) is 30.0 Å². The lowest BCUT2D eigenvalue weighted by Crippen LogP contribution is -2.12. The van der Waals surface area contributed by atoms with Crippen LogP contribution in [0.2, 0.25) is 0 Å². The highest BCUT2D eigenvalue weighted by Crippen LogP contribution is 2.17. The zero-order valence-corrected chi connectivity index (χ0v) is 14.1. The van der Waals surface area contributed by atoms with Crippen LogP contribution in [-0.2, 0) is 13.0 Å². The molecule has 1 aromatic heterocycles. The SMILES string of the molecule is N#CCc1ccc(NC(=O)c2cccc(OCc3cscn3)c2)cc1. The molecule has 5 nitrogen and oxygen atoms in total. The maximum atomic E-state index is 12.4. The Morgan fingerprint density at radius 1 is 1.24 bits per heavy atom. The number of carbonyl (C=O) groups excluding carboxylic acids is 1. The summed E-state index contributed by atoms with van der Waals surface area (Å²) in [6.07, 6.45) is 0.354. The molecule has 0 atom stereocenters. The van der Waals surface area contributed by atoms with Crippen LogP contribution in [0.15, 0.2) is 59.4 Å². The Kier molecular flexibility index (Phi) is 5.39. The number of amides is 1. The number of nitrogens with zero attached hydrogens (tertiary/aromatic N) is 2. The van der Waals surface area contributed by atoms with Gasteiger partial charge in [-0.05, 0) is 35.9 Å². The summed E-state index contributed by atoms with van der Waals surface area (Å²) in [5.74, 6) is 0.400. The number of hydrogen-bond donors (Lipinski definition) is 1. The summed E-state index contributed by atoms with van der Waals surface area (Å²) in [5.41, 5.74) is 4.72. The van der Waals surface area contributed by atoms with Crippen molar-refractivity contribution in [1.82, 2.24) is 4.98 Å². The molecule has 0 bridgehead atoms. The van der Waals surface area contributed by atoms with Gasteiger partial charge in [0.25, 0.3) is 5.91 Å². The lowest BCUT2D eigenvalue weighted by molar-refractivity contribution is 0.102. The molecule has 0 fully saturated rings. The minimum Gasteiger partial charge on any atom is -0.487 e. The van der Waals surface area contributed by atoms with Gasteiger partial charge in [-0.2, -0.15) is 5.26 Å². The fourth-order valence-electron chi connectivity index (χ4n) is 2.19. The maximum absolute atomic E-state index is 12.4. The van der Waals surface area contributed by atoms with Gasteiger partial charge in [-0.3, -0.25) is 4.79 Å². The van der Waals surface area contributed by atoms with Crippen LogP contribution in [0.3, 0.4) is 0 Å².